The minimum absolute atomic E-state index is 0.0232. The molecule has 1 amide bonds. The van der Waals surface area contributed by atoms with Gasteiger partial charge in [-0.3, -0.25) is 4.98 Å². The zero-order chi connectivity index (χ0) is 31.8. The van der Waals surface area contributed by atoms with Gasteiger partial charge in [-0.15, -0.1) is 0 Å². The maximum absolute atomic E-state index is 14.5. The van der Waals surface area contributed by atoms with E-state index in [0.29, 0.717) is 42.5 Å². The fourth-order valence-corrected chi connectivity index (χ4v) is 5.01. The van der Waals surface area contributed by atoms with Crippen molar-refractivity contribution in [2.75, 3.05) is 31.9 Å². The molecule has 0 saturated carbocycles. The molecule has 15 heteroatoms. The summed E-state index contributed by atoms with van der Waals surface area (Å²) in [5.41, 5.74) is 0.918. The minimum Gasteiger partial charge on any atom is -0.477 e. The number of aliphatic carboxylic acids is 1. The van der Waals surface area contributed by atoms with Crippen molar-refractivity contribution in [2.45, 2.75) is 45.3 Å². The van der Waals surface area contributed by atoms with Gasteiger partial charge < -0.3 is 24.6 Å². The van der Waals surface area contributed by atoms with Crippen molar-refractivity contribution in [3.8, 4) is 0 Å². The molecule has 0 bridgehead atoms. The van der Waals surface area contributed by atoms with E-state index in [1.165, 1.54) is 16.4 Å². The Morgan fingerprint density at radius 3 is 2.41 bits per heavy atom. The number of fused-ring (bicyclic) bond motifs is 1. The molecule has 0 spiro atoms. The number of aromatic nitrogens is 3. The first-order chi connectivity index (χ1) is 20.8. The van der Waals surface area contributed by atoms with Crippen LogP contribution in [0.1, 0.15) is 39.2 Å². The van der Waals surface area contributed by atoms with Crippen molar-refractivity contribution in [3.63, 3.8) is 0 Å². The molecule has 2 aliphatic heterocycles. The lowest BCUT2D eigenvalue weighted by Gasteiger charge is -2.42. The Morgan fingerprint density at radius 2 is 1.80 bits per heavy atom. The van der Waals surface area contributed by atoms with Gasteiger partial charge in [0.15, 0.2) is 0 Å². The number of pyridine rings is 1. The van der Waals surface area contributed by atoms with Crippen LogP contribution in [-0.2, 0) is 21.4 Å². The molecule has 0 radical (unpaired) electrons. The van der Waals surface area contributed by atoms with Gasteiger partial charge in [0.1, 0.15) is 40.0 Å². The largest absolute Gasteiger partial charge is 0.477 e. The fourth-order valence-electron chi connectivity index (χ4n) is 5.01. The number of nitrogens with zero attached hydrogens (tertiary/aromatic N) is 7. The number of halogens is 2. The Hall–Kier alpha value is -4.79. The van der Waals surface area contributed by atoms with E-state index in [4.69, 9.17) is 9.57 Å². The monoisotopic (exact) mass is 612 g/mol. The van der Waals surface area contributed by atoms with Gasteiger partial charge >= 0.3 is 12.1 Å². The van der Waals surface area contributed by atoms with E-state index in [1.807, 2.05) is 0 Å². The summed E-state index contributed by atoms with van der Waals surface area (Å²) in [6, 6.07) is 2.90. The molecule has 1 fully saturated rings. The Labute approximate surface area is 252 Å². The van der Waals surface area contributed by atoms with Crippen LogP contribution in [-0.4, -0.2) is 85.7 Å². The summed E-state index contributed by atoms with van der Waals surface area (Å²) in [5.74, 6) is -2.71. The zero-order valence-electron chi connectivity index (χ0n) is 25.0. The fraction of sp³-hybridized carbons (Fsp3) is 0.414. The number of hydrazine groups is 1. The Kier molecular flexibility index (Phi) is 8.41. The molecule has 1 aromatic carbocycles. The van der Waals surface area contributed by atoms with E-state index in [0.717, 1.165) is 18.2 Å². The van der Waals surface area contributed by atoms with Gasteiger partial charge in [-0.05, 0) is 33.6 Å². The lowest BCUT2D eigenvalue weighted by atomic mass is 10.1. The summed E-state index contributed by atoms with van der Waals surface area (Å²) in [7, 11) is 3.41. The van der Waals surface area contributed by atoms with Crippen LogP contribution in [0.5, 0.6) is 0 Å². The molecule has 3 aromatic rings. The zero-order valence-corrected chi connectivity index (χ0v) is 25.0. The number of likely N-dealkylation sites (tertiary alicyclic amines) is 1. The number of carbonyl (C=O) groups excluding carboxylic acids is 1. The van der Waals surface area contributed by atoms with Crippen LogP contribution in [0, 0.1) is 11.6 Å². The van der Waals surface area contributed by atoms with Crippen LogP contribution < -0.4 is 10.5 Å². The first-order valence-corrected chi connectivity index (χ1v) is 14.0. The predicted octanol–water partition coefficient (Wildman–Crippen LogP) is 3.69. The SMILES string of the molecule is CNC1=C(c2cncc3c2ncn3C)N=C(C(=O)O)CN1N(OC1CCN(C(=O)OC(C)(C)C)CC1)c1cc(F)cc(F)c1. The molecular weight excluding hydrogens is 578 g/mol. The average molecular weight is 613 g/mol. The third kappa shape index (κ3) is 6.41. The lowest BCUT2D eigenvalue weighted by molar-refractivity contribution is -0.129. The maximum atomic E-state index is 14.5. The molecule has 13 nitrogen and oxygen atoms in total. The second-order valence-corrected chi connectivity index (χ2v) is 11.5. The topological polar surface area (TPSA) is 138 Å². The van der Waals surface area contributed by atoms with Gasteiger partial charge in [0.25, 0.3) is 0 Å². The van der Waals surface area contributed by atoms with Gasteiger partial charge in [0.05, 0.1) is 41.9 Å². The predicted molar refractivity (Wildman–Crippen MR) is 157 cm³/mol. The number of aliphatic imine (C=N–C) groups is 1. The molecule has 2 aliphatic rings. The maximum Gasteiger partial charge on any atom is 0.410 e. The molecule has 0 unspecified atom stereocenters. The molecule has 234 valence electrons. The van der Waals surface area contributed by atoms with Gasteiger partial charge in [-0.1, -0.05) is 0 Å². The summed E-state index contributed by atoms with van der Waals surface area (Å²) >= 11 is 0. The quantitative estimate of drug-likeness (QED) is 0.380. The van der Waals surface area contributed by atoms with E-state index < -0.39 is 35.4 Å². The summed E-state index contributed by atoms with van der Waals surface area (Å²) in [5, 5.41) is 15.7. The number of piperidine rings is 1. The minimum atomic E-state index is -1.29. The van der Waals surface area contributed by atoms with Crippen molar-refractivity contribution in [3.05, 3.63) is 59.9 Å². The third-order valence-corrected chi connectivity index (χ3v) is 7.04. The smallest absolute Gasteiger partial charge is 0.410 e. The average Bonchev–Trinajstić information content (AvgIpc) is 3.34. The number of carbonyl (C=O) groups is 2. The summed E-state index contributed by atoms with van der Waals surface area (Å²) in [4.78, 5) is 46.1. The number of nitrogens with one attached hydrogen (secondary N) is 1. The molecule has 2 aromatic heterocycles. The number of hydrogen-bond acceptors (Lipinski definition) is 10. The number of carboxylic acids is 1. The third-order valence-electron chi connectivity index (χ3n) is 7.04. The summed E-state index contributed by atoms with van der Waals surface area (Å²) in [6.07, 6.45) is 4.56. The van der Waals surface area contributed by atoms with Crippen molar-refractivity contribution in [1.82, 2.24) is 29.8 Å². The Bertz CT molecular complexity index is 1620. The number of ether oxygens (including phenoxy) is 1. The second kappa shape index (κ2) is 12.1. The van der Waals surface area contributed by atoms with E-state index in [1.54, 1.807) is 56.9 Å². The molecule has 5 rings (SSSR count). The number of rotatable bonds is 7. The van der Waals surface area contributed by atoms with Crippen LogP contribution in [0.4, 0.5) is 19.3 Å². The number of carboxylic acid groups (broad SMARTS) is 1. The lowest BCUT2D eigenvalue weighted by Crippen LogP contribution is -2.53. The number of amides is 1. The number of anilines is 1. The van der Waals surface area contributed by atoms with Gasteiger partial charge in [-0.25, -0.2) is 38.2 Å². The highest BCUT2D eigenvalue weighted by molar-refractivity contribution is 6.37. The Balaban J connectivity index is 1.54. The van der Waals surface area contributed by atoms with E-state index in [9.17, 15) is 23.5 Å². The number of benzene rings is 1. The molecule has 0 aliphatic carbocycles. The highest BCUT2D eigenvalue weighted by atomic mass is 19.1. The van der Waals surface area contributed by atoms with Crippen LogP contribution in [0.15, 0.2) is 47.7 Å². The molecule has 44 heavy (non-hydrogen) atoms. The van der Waals surface area contributed by atoms with Crippen molar-refractivity contribution >= 4 is 40.2 Å². The van der Waals surface area contributed by atoms with E-state index in [-0.39, 0.29) is 29.5 Å². The molecule has 4 heterocycles. The first-order valence-electron chi connectivity index (χ1n) is 14.0. The standard InChI is InChI=1S/C29H34F2N8O5/c1-29(2,3)43-28(42)37-8-6-20(7-9-37)44-39(19-11-17(30)10-18(31)12-19)38-15-22(27(40)41)35-25(26(38)32-4)21-13-33-14-23-24(21)34-16-36(23)5/h10-14,16,20,32H,6-9,15H2,1-5H3,(H,40,41). The van der Waals surface area contributed by atoms with Crippen LogP contribution >= 0.6 is 0 Å². The van der Waals surface area contributed by atoms with Crippen molar-refractivity contribution < 1.29 is 33.1 Å². The Morgan fingerprint density at radius 1 is 1.11 bits per heavy atom. The van der Waals surface area contributed by atoms with Crippen LogP contribution in [0.3, 0.4) is 0 Å². The number of imidazole rings is 1. The summed E-state index contributed by atoms with van der Waals surface area (Å²) in [6.45, 7) is 5.69. The molecule has 0 atom stereocenters. The number of hydrogen-bond donors (Lipinski definition) is 2. The van der Waals surface area contributed by atoms with Crippen LogP contribution in [0.2, 0.25) is 0 Å². The van der Waals surface area contributed by atoms with Gasteiger partial charge in [-0.2, -0.15) is 5.17 Å². The van der Waals surface area contributed by atoms with Crippen LogP contribution in [0.25, 0.3) is 16.7 Å². The van der Waals surface area contributed by atoms with Crippen molar-refractivity contribution in [1.29, 1.82) is 0 Å². The highest BCUT2D eigenvalue weighted by Crippen LogP contribution is 2.33. The van der Waals surface area contributed by atoms with Crippen molar-refractivity contribution in [2.24, 2.45) is 12.0 Å². The van der Waals surface area contributed by atoms with E-state index in [2.05, 4.69) is 20.3 Å². The highest BCUT2D eigenvalue weighted by Gasteiger charge is 2.35. The normalized spacial score (nSPS) is 16.3. The molecular formula is C29H34F2N8O5. The van der Waals surface area contributed by atoms with Gasteiger partial charge in [0.2, 0.25) is 0 Å². The second-order valence-electron chi connectivity index (χ2n) is 11.5. The van der Waals surface area contributed by atoms with E-state index >= 15 is 0 Å². The summed E-state index contributed by atoms with van der Waals surface area (Å²) < 4.78 is 36.3. The number of aryl methyl sites for hydroxylation is 1. The molecule has 1 saturated heterocycles. The first kappa shape index (κ1) is 30.7. The van der Waals surface area contributed by atoms with Gasteiger partial charge in [0, 0.05) is 51.6 Å². The molecule has 2 N–H and O–H groups in total.